The normalized spacial score (nSPS) is 15.0. The third kappa shape index (κ3) is 7.03. The number of hydrogen-bond donors (Lipinski definition) is 0. The van der Waals surface area contributed by atoms with Crippen molar-refractivity contribution in [3.63, 3.8) is 0 Å². The number of piperazine rings is 1. The molecule has 1 saturated heterocycles. The van der Waals surface area contributed by atoms with E-state index in [-0.39, 0.29) is 15.5 Å². The Labute approximate surface area is 292 Å². The number of anilines is 1. The lowest BCUT2D eigenvalue weighted by Crippen LogP contribution is -2.52. The van der Waals surface area contributed by atoms with E-state index in [0.29, 0.717) is 29.1 Å². The fraction of sp³-hybridized carbons (Fsp3) is 0.216. The summed E-state index contributed by atoms with van der Waals surface area (Å²) in [6.07, 6.45) is 8.59. The molecular formula is C37H36N6O5S2. The summed E-state index contributed by atoms with van der Waals surface area (Å²) in [5.41, 5.74) is 0.840. The van der Waals surface area contributed by atoms with Crippen LogP contribution in [-0.2, 0) is 26.6 Å². The number of hydrogen-bond acceptors (Lipinski definition) is 10. The van der Waals surface area contributed by atoms with Crippen LogP contribution in [0.2, 0.25) is 0 Å². The van der Waals surface area contributed by atoms with Gasteiger partial charge in [0.1, 0.15) is 16.5 Å². The lowest BCUT2D eigenvalue weighted by molar-refractivity contribution is 0.200. The average Bonchev–Trinajstić information content (AvgIpc) is 3.15. The molecule has 6 aromatic rings. The molecule has 1 fully saturated rings. The summed E-state index contributed by atoms with van der Waals surface area (Å²) in [6, 6.07) is 25.8. The summed E-state index contributed by atoms with van der Waals surface area (Å²) < 4.78 is 62.2. The minimum absolute atomic E-state index is 0.0562. The van der Waals surface area contributed by atoms with Gasteiger partial charge in [0.2, 0.25) is 10.0 Å². The second-order valence-corrected chi connectivity index (χ2v) is 15.7. The SMILES string of the molecule is CN(C(Cc1ccc(OS(=O)(=O)c2cccc3cnccc23)cc1)CN1CCN(c2ccccn2)CC1)S(=O)(=O)c1cccc2cnccc12. The van der Waals surface area contributed by atoms with E-state index in [1.165, 1.54) is 10.4 Å². The van der Waals surface area contributed by atoms with Gasteiger partial charge in [-0.2, -0.15) is 12.7 Å². The smallest absolute Gasteiger partial charge is 0.339 e. The summed E-state index contributed by atoms with van der Waals surface area (Å²) in [6.45, 7) is 3.53. The first-order valence-corrected chi connectivity index (χ1v) is 19.1. The molecule has 0 N–H and O–H groups in total. The van der Waals surface area contributed by atoms with Gasteiger partial charge in [0.15, 0.2) is 0 Å². The van der Waals surface area contributed by atoms with Gasteiger partial charge < -0.3 is 9.08 Å². The standard InChI is InChI=1S/C37H36N6O5S2/c1-41(49(44,45)35-8-4-6-29-25-38-18-15-33(29)35)31(27-42-20-22-43(23-21-42)37-10-2-3-17-40-37)24-28-11-13-32(14-12-28)48-50(46,47)36-9-5-7-30-26-39-19-16-34(30)36/h2-19,25-26,31H,20-24,27H2,1H3. The molecular weight excluding hydrogens is 673 g/mol. The molecule has 1 aliphatic rings. The van der Waals surface area contributed by atoms with E-state index in [9.17, 15) is 16.8 Å². The fourth-order valence-electron chi connectivity index (χ4n) is 6.41. The number of rotatable bonds is 11. The highest BCUT2D eigenvalue weighted by atomic mass is 32.2. The minimum Gasteiger partial charge on any atom is -0.379 e. The van der Waals surface area contributed by atoms with Gasteiger partial charge in [0.25, 0.3) is 0 Å². The molecule has 4 heterocycles. The van der Waals surface area contributed by atoms with Crippen molar-refractivity contribution < 1.29 is 21.0 Å². The molecule has 256 valence electrons. The van der Waals surface area contributed by atoms with Crippen molar-refractivity contribution >= 4 is 47.5 Å². The highest BCUT2D eigenvalue weighted by Crippen LogP contribution is 2.29. The van der Waals surface area contributed by atoms with Crippen molar-refractivity contribution in [1.29, 1.82) is 0 Å². The van der Waals surface area contributed by atoms with Crippen molar-refractivity contribution in [2.75, 3.05) is 44.7 Å². The molecule has 3 aromatic heterocycles. The van der Waals surface area contributed by atoms with Crippen LogP contribution in [0, 0.1) is 0 Å². The van der Waals surface area contributed by atoms with Crippen LogP contribution in [0.1, 0.15) is 5.56 Å². The lowest BCUT2D eigenvalue weighted by Gasteiger charge is -2.38. The van der Waals surface area contributed by atoms with Crippen LogP contribution in [0.4, 0.5) is 5.82 Å². The first-order valence-electron chi connectivity index (χ1n) is 16.2. The molecule has 0 bridgehead atoms. The molecule has 1 atom stereocenters. The Bertz CT molecular complexity index is 2320. The van der Waals surface area contributed by atoms with E-state index in [0.717, 1.165) is 42.9 Å². The molecule has 1 aliphatic heterocycles. The summed E-state index contributed by atoms with van der Waals surface area (Å²) in [7, 11) is -6.42. The Hall–Kier alpha value is -4.95. The molecule has 1 unspecified atom stereocenters. The number of fused-ring (bicyclic) bond motifs is 2. The van der Waals surface area contributed by atoms with Gasteiger partial charge in [-0.3, -0.25) is 14.9 Å². The Morgan fingerprint density at radius 2 is 1.36 bits per heavy atom. The zero-order valence-electron chi connectivity index (χ0n) is 27.4. The van der Waals surface area contributed by atoms with Crippen molar-refractivity contribution in [1.82, 2.24) is 24.2 Å². The van der Waals surface area contributed by atoms with E-state index < -0.39 is 26.2 Å². The van der Waals surface area contributed by atoms with Crippen LogP contribution >= 0.6 is 0 Å². The molecule has 0 amide bonds. The second kappa shape index (κ2) is 14.1. The molecule has 11 nitrogen and oxygen atoms in total. The number of sulfonamides is 1. The van der Waals surface area contributed by atoms with Gasteiger partial charge in [-0.15, -0.1) is 0 Å². The molecule has 0 spiro atoms. The molecule has 13 heteroatoms. The van der Waals surface area contributed by atoms with E-state index in [2.05, 4.69) is 24.8 Å². The van der Waals surface area contributed by atoms with Gasteiger partial charge in [0, 0.05) is 98.3 Å². The van der Waals surface area contributed by atoms with Crippen LogP contribution in [0.3, 0.4) is 0 Å². The third-order valence-electron chi connectivity index (χ3n) is 9.14. The van der Waals surface area contributed by atoms with E-state index in [4.69, 9.17) is 4.18 Å². The fourth-order valence-corrected chi connectivity index (χ4v) is 9.12. The highest BCUT2D eigenvalue weighted by Gasteiger charge is 2.32. The van der Waals surface area contributed by atoms with Crippen LogP contribution < -0.4 is 9.08 Å². The van der Waals surface area contributed by atoms with Crippen molar-refractivity contribution in [2.24, 2.45) is 0 Å². The van der Waals surface area contributed by atoms with Crippen LogP contribution in [0.15, 0.2) is 132 Å². The number of pyridine rings is 3. The van der Waals surface area contributed by atoms with Gasteiger partial charge in [-0.05, 0) is 60.5 Å². The Balaban J connectivity index is 1.13. The second-order valence-electron chi connectivity index (χ2n) is 12.2. The van der Waals surface area contributed by atoms with Crippen LogP contribution in [0.25, 0.3) is 21.5 Å². The summed E-state index contributed by atoms with van der Waals surface area (Å²) in [4.78, 5) is 17.5. The first-order chi connectivity index (χ1) is 24.2. The molecule has 0 radical (unpaired) electrons. The first kappa shape index (κ1) is 33.5. The summed E-state index contributed by atoms with van der Waals surface area (Å²) >= 11 is 0. The van der Waals surface area contributed by atoms with Crippen LogP contribution in [0.5, 0.6) is 5.75 Å². The maximum absolute atomic E-state index is 14.3. The van der Waals surface area contributed by atoms with Crippen molar-refractivity contribution in [2.45, 2.75) is 22.3 Å². The van der Waals surface area contributed by atoms with Gasteiger partial charge in [-0.1, -0.05) is 42.5 Å². The van der Waals surface area contributed by atoms with E-state index in [1.807, 2.05) is 24.3 Å². The number of likely N-dealkylation sites (N-methyl/N-ethyl adjacent to an activating group) is 1. The summed E-state index contributed by atoms with van der Waals surface area (Å²) in [5, 5.41) is 2.57. The topological polar surface area (TPSA) is 126 Å². The monoisotopic (exact) mass is 708 g/mol. The summed E-state index contributed by atoms with van der Waals surface area (Å²) in [5.74, 6) is 1.09. The highest BCUT2D eigenvalue weighted by molar-refractivity contribution is 7.89. The van der Waals surface area contributed by atoms with Gasteiger partial charge >= 0.3 is 10.1 Å². The molecule has 50 heavy (non-hydrogen) atoms. The minimum atomic E-state index is -4.14. The molecule has 0 saturated carbocycles. The third-order valence-corrected chi connectivity index (χ3v) is 12.4. The van der Waals surface area contributed by atoms with Crippen molar-refractivity contribution in [3.8, 4) is 5.75 Å². The zero-order chi connectivity index (χ0) is 34.7. The Morgan fingerprint density at radius 1 is 0.720 bits per heavy atom. The number of nitrogens with zero attached hydrogens (tertiary/aromatic N) is 6. The molecule has 7 rings (SSSR count). The van der Waals surface area contributed by atoms with Gasteiger partial charge in [0.05, 0.1) is 4.90 Å². The van der Waals surface area contributed by atoms with Gasteiger partial charge in [-0.25, -0.2) is 13.4 Å². The predicted molar refractivity (Wildman–Crippen MR) is 193 cm³/mol. The molecule has 3 aromatic carbocycles. The molecule has 0 aliphatic carbocycles. The predicted octanol–water partition coefficient (Wildman–Crippen LogP) is 5.00. The largest absolute Gasteiger partial charge is 0.379 e. The number of benzene rings is 3. The van der Waals surface area contributed by atoms with Crippen molar-refractivity contribution in [3.05, 3.63) is 128 Å². The quantitative estimate of drug-likeness (QED) is 0.170. The lowest BCUT2D eigenvalue weighted by atomic mass is 10.0. The average molecular weight is 709 g/mol. The Kier molecular flexibility index (Phi) is 9.47. The Morgan fingerprint density at radius 3 is 2.00 bits per heavy atom. The number of aromatic nitrogens is 3. The maximum Gasteiger partial charge on any atom is 0.339 e. The van der Waals surface area contributed by atoms with E-state index in [1.54, 1.807) is 98.7 Å². The van der Waals surface area contributed by atoms with E-state index >= 15 is 0 Å². The van der Waals surface area contributed by atoms with Crippen LogP contribution in [-0.4, -0.2) is 86.8 Å². The zero-order valence-corrected chi connectivity index (χ0v) is 29.0. The maximum atomic E-state index is 14.3.